The predicted molar refractivity (Wildman–Crippen MR) is 206 cm³/mol. The lowest BCUT2D eigenvalue weighted by Gasteiger charge is -2.52. The van der Waals surface area contributed by atoms with E-state index in [0.717, 1.165) is 28.8 Å². The van der Waals surface area contributed by atoms with Gasteiger partial charge in [-0.15, -0.1) is 0 Å². The van der Waals surface area contributed by atoms with Crippen LogP contribution >= 0.6 is 0 Å². The summed E-state index contributed by atoms with van der Waals surface area (Å²) in [4.78, 5) is 66.8. The monoisotopic (exact) mass is 781 g/mol. The molecule has 2 saturated heterocycles. The standard InChI is InChI=1S/C42H59N3O11/c1-26-15-20-33(42-37(55-29(4)48)35(53-27(2)46)36(54-28(3)47)41(56-42,25-52-42)40(7,8)51)24-32(26)23-31-18-16-30(17-19-31)13-12-14-34(49)43-39(5,6)38(50)45(11)22-21-44(9)10/h15-20,24,35-37,51H,12-14,21-23,25H2,1-11H3,(H,43,49)/t35-,36-,37+,41-,42-/m0/s1. The summed E-state index contributed by atoms with van der Waals surface area (Å²) >= 11 is 0. The average Bonchev–Trinajstić information content (AvgIpc) is 3.47. The first-order chi connectivity index (χ1) is 26.0. The Kier molecular flexibility index (Phi) is 13.8. The molecule has 0 saturated carbocycles. The van der Waals surface area contributed by atoms with Crippen molar-refractivity contribution in [2.24, 2.45) is 0 Å². The number of nitrogens with one attached hydrogen (secondary N) is 1. The first-order valence-corrected chi connectivity index (χ1v) is 19.0. The maximum absolute atomic E-state index is 12.9. The second-order valence-electron chi connectivity index (χ2n) is 16.3. The van der Waals surface area contributed by atoms with E-state index in [4.69, 9.17) is 23.7 Å². The number of aryl methyl sites for hydroxylation is 2. The number of aliphatic hydroxyl groups is 1. The molecule has 0 spiro atoms. The van der Waals surface area contributed by atoms with Gasteiger partial charge in [-0.1, -0.05) is 36.4 Å². The number of rotatable bonds is 16. The molecule has 2 aliphatic rings. The van der Waals surface area contributed by atoms with E-state index in [0.29, 0.717) is 31.4 Å². The Labute approximate surface area is 330 Å². The summed E-state index contributed by atoms with van der Waals surface area (Å²) in [5, 5.41) is 14.4. The van der Waals surface area contributed by atoms with E-state index in [9.17, 15) is 29.1 Å². The van der Waals surface area contributed by atoms with E-state index >= 15 is 0 Å². The fourth-order valence-electron chi connectivity index (χ4n) is 7.37. The summed E-state index contributed by atoms with van der Waals surface area (Å²) < 4.78 is 30.3. The van der Waals surface area contributed by atoms with Gasteiger partial charge in [0.2, 0.25) is 23.7 Å². The Hall–Kier alpha value is -4.37. The lowest BCUT2D eigenvalue weighted by molar-refractivity contribution is -0.350. The normalized spacial score (nSPS) is 23.3. The van der Waals surface area contributed by atoms with Crippen molar-refractivity contribution in [2.75, 3.05) is 40.8 Å². The Balaban J connectivity index is 1.52. The van der Waals surface area contributed by atoms with Crippen molar-refractivity contribution >= 4 is 29.7 Å². The lowest BCUT2D eigenvalue weighted by Crippen LogP contribution is -2.72. The van der Waals surface area contributed by atoms with Gasteiger partial charge in [0.15, 0.2) is 17.8 Å². The molecule has 2 heterocycles. The van der Waals surface area contributed by atoms with E-state index in [1.807, 2.05) is 62.3 Å². The van der Waals surface area contributed by atoms with Crippen molar-refractivity contribution in [3.05, 3.63) is 70.3 Å². The van der Waals surface area contributed by atoms with Crippen molar-refractivity contribution < 1.29 is 52.8 Å². The fraction of sp³-hybridized carbons (Fsp3) is 0.595. The summed E-state index contributed by atoms with van der Waals surface area (Å²) in [5.74, 6) is -4.32. The number of nitrogens with zero attached hydrogens (tertiary/aromatic N) is 2. The highest BCUT2D eigenvalue weighted by Crippen LogP contribution is 2.56. The molecule has 2 amide bonds. The molecule has 2 fully saturated rings. The zero-order chi connectivity index (χ0) is 41.8. The fourth-order valence-corrected chi connectivity index (χ4v) is 7.37. The van der Waals surface area contributed by atoms with Crippen LogP contribution in [-0.2, 0) is 66.3 Å². The maximum atomic E-state index is 12.9. The molecular formula is C42H59N3O11. The third-order valence-electron chi connectivity index (χ3n) is 10.4. The SMILES string of the molecule is CC(=O)O[C@@H]1[C@@H](OC(C)=O)[C@@]2(c3ccc(C)c(Cc4ccc(CCCC(=O)NC(C)(C)C(=O)N(C)CCN(C)C)cc4)c3)OC[C@](C(C)(C)O)(O2)[C@H]1OC(C)=O. The molecule has 2 aromatic carbocycles. The van der Waals surface area contributed by atoms with Crippen LogP contribution in [0.2, 0.25) is 0 Å². The first-order valence-electron chi connectivity index (χ1n) is 19.0. The second kappa shape index (κ2) is 17.4. The zero-order valence-electron chi connectivity index (χ0n) is 34.6. The molecule has 308 valence electrons. The molecule has 0 radical (unpaired) electrons. The van der Waals surface area contributed by atoms with Crippen molar-refractivity contribution in [3.8, 4) is 0 Å². The minimum atomic E-state index is -1.84. The number of hydrogen-bond acceptors (Lipinski definition) is 12. The first kappa shape index (κ1) is 44.3. The minimum absolute atomic E-state index is 0.142. The highest BCUT2D eigenvalue weighted by molar-refractivity contribution is 5.90. The maximum Gasteiger partial charge on any atom is 0.303 e. The molecule has 0 aromatic heterocycles. The van der Waals surface area contributed by atoms with E-state index in [2.05, 4.69) is 5.32 Å². The quantitative estimate of drug-likeness (QED) is 0.189. The number of benzene rings is 2. The molecule has 2 aromatic rings. The summed E-state index contributed by atoms with van der Waals surface area (Å²) in [6.07, 6.45) is -2.11. The van der Waals surface area contributed by atoms with Gasteiger partial charge < -0.3 is 43.9 Å². The van der Waals surface area contributed by atoms with Crippen LogP contribution in [-0.4, -0.2) is 121 Å². The van der Waals surface area contributed by atoms with Crippen LogP contribution < -0.4 is 5.32 Å². The second-order valence-corrected chi connectivity index (χ2v) is 16.3. The summed E-state index contributed by atoms with van der Waals surface area (Å²) in [5.41, 5.74) is -0.0239. The number of hydrogen-bond donors (Lipinski definition) is 2. The number of likely N-dealkylation sites (N-methyl/N-ethyl adjacent to an activating group) is 2. The van der Waals surface area contributed by atoms with Crippen molar-refractivity contribution in [3.63, 3.8) is 0 Å². The van der Waals surface area contributed by atoms with Crippen molar-refractivity contribution in [1.29, 1.82) is 0 Å². The van der Waals surface area contributed by atoms with Crippen LogP contribution in [0, 0.1) is 6.92 Å². The molecule has 0 aliphatic carbocycles. The average molecular weight is 782 g/mol. The highest BCUT2D eigenvalue weighted by atomic mass is 16.8. The number of fused-ring (bicyclic) bond motifs is 2. The van der Waals surface area contributed by atoms with Crippen LogP contribution in [0.5, 0.6) is 0 Å². The van der Waals surface area contributed by atoms with Crippen molar-refractivity contribution in [2.45, 2.75) is 122 Å². The lowest BCUT2D eigenvalue weighted by atomic mass is 9.74. The smallest absolute Gasteiger partial charge is 0.303 e. The zero-order valence-corrected chi connectivity index (χ0v) is 34.6. The molecule has 2 N–H and O–H groups in total. The largest absolute Gasteiger partial charge is 0.455 e. The molecule has 14 heteroatoms. The highest BCUT2D eigenvalue weighted by Gasteiger charge is 2.75. The van der Waals surface area contributed by atoms with E-state index in [1.165, 1.54) is 34.6 Å². The molecule has 2 aliphatic heterocycles. The number of carbonyl (C=O) groups excluding carboxylic acids is 5. The number of carbonyl (C=O) groups is 5. The Morgan fingerprint density at radius 2 is 1.45 bits per heavy atom. The number of esters is 3. The van der Waals surface area contributed by atoms with Crippen molar-refractivity contribution in [1.82, 2.24) is 15.1 Å². The van der Waals surface area contributed by atoms with Gasteiger partial charge in [0, 0.05) is 52.9 Å². The van der Waals surface area contributed by atoms with Gasteiger partial charge in [-0.2, -0.15) is 0 Å². The van der Waals surface area contributed by atoms with Gasteiger partial charge in [0.1, 0.15) is 5.54 Å². The van der Waals surface area contributed by atoms with Gasteiger partial charge >= 0.3 is 17.9 Å². The van der Waals surface area contributed by atoms with Crippen LogP contribution in [0.3, 0.4) is 0 Å². The minimum Gasteiger partial charge on any atom is -0.455 e. The van der Waals surface area contributed by atoms with Gasteiger partial charge in [0.25, 0.3) is 0 Å². The topological polar surface area (TPSA) is 170 Å². The van der Waals surface area contributed by atoms with E-state index in [-0.39, 0.29) is 24.8 Å². The van der Waals surface area contributed by atoms with Crippen LogP contribution in [0.1, 0.15) is 89.1 Å². The van der Waals surface area contributed by atoms with Crippen LogP contribution in [0.25, 0.3) is 0 Å². The molecule has 2 bridgehead atoms. The van der Waals surface area contributed by atoms with E-state index in [1.54, 1.807) is 31.9 Å². The molecule has 5 atom stereocenters. The Morgan fingerprint density at radius 1 is 0.857 bits per heavy atom. The Bertz CT molecular complexity index is 1770. The summed E-state index contributed by atoms with van der Waals surface area (Å²) in [6.45, 7) is 12.9. The third-order valence-corrected chi connectivity index (χ3v) is 10.4. The van der Waals surface area contributed by atoms with Gasteiger partial charge in [-0.05, 0) is 96.3 Å². The Morgan fingerprint density at radius 3 is 2.02 bits per heavy atom. The molecule has 56 heavy (non-hydrogen) atoms. The predicted octanol–water partition coefficient (Wildman–Crippen LogP) is 3.34. The number of ether oxygens (including phenoxy) is 5. The molecule has 4 rings (SSSR count). The molecule has 14 nitrogen and oxygen atoms in total. The third kappa shape index (κ3) is 9.95. The number of amides is 2. The van der Waals surface area contributed by atoms with Crippen LogP contribution in [0.4, 0.5) is 0 Å². The van der Waals surface area contributed by atoms with E-state index < -0.39 is 58.7 Å². The molecular weight excluding hydrogens is 722 g/mol. The van der Waals surface area contributed by atoms with Gasteiger partial charge in [0.05, 0.1) is 12.2 Å². The van der Waals surface area contributed by atoms with Crippen LogP contribution in [0.15, 0.2) is 42.5 Å². The molecule has 0 unspecified atom stereocenters. The summed E-state index contributed by atoms with van der Waals surface area (Å²) in [7, 11) is 5.63. The van der Waals surface area contributed by atoms with Gasteiger partial charge in [-0.25, -0.2) is 0 Å². The van der Waals surface area contributed by atoms with Gasteiger partial charge in [-0.3, -0.25) is 24.0 Å². The summed E-state index contributed by atoms with van der Waals surface area (Å²) in [6, 6.07) is 13.6.